The lowest BCUT2D eigenvalue weighted by Crippen LogP contribution is -2.43. The SMILES string of the molecule is CCC(Nc1ccc(C)cc1)(C(=O)O)c1ccc(Cl)cc1. The molecule has 0 saturated carbocycles. The van der Waals surface area contributed by atoms with Crippen LogP contribution in [-0.2, 0) is 10.3 Å². The van der Waals surface area contributed by atoms with Gasteiger partial charge >= 0.3 is 5.97 Å². The van der Waals surface area contributed by atoms with Gasteiger partial charge in [-0.15, -0.1) is 0 Å². The first kappa shape index (κ1) is 15.4. The van der Waals surface area contributed by atoms with Gasteiger partial charge in [-0.2, -0.15) is 0 Å². The fraction of sp³-hybridized carbons (Fsp3) is 0.235. The van der Waals surface area contributed by atoms with Gasteiger partial charge in [0.2, 0.25) is 0 Å². The summed E-state index contributed by atoms with van der Waals surface area (Å²) in [6.07, 6.45) is 0.415. The van der Waals surface area contributed by atoms with Crippen LogP contribution in [0.3, 0.4) is 0 Å². The van der Waals surface area contributed by atoms with Crippen LogP contribution in [0.15, 0.2) is 48.5 Å². The minimum absolute atomic E-state index is 0.415. The van der Waals surface area contributed by atoms with E-state index in [1.54, 1.807) is 24.3 Å². The molecule has 0 aliphatic carbocycles. The molecule has 2 aromatic carbocycles. The number of aliphatic carboxylic acids is 1. The fourth-order valence-electron chi connectivity index (χ4n) is 2.31. The topological polar surface area (TPSA) is 49.3 Å². The molecule has 4 heteroatoms. The number of aryl methyl sites for hydroxylation is 1. The van der Waals surface area contributed by atoms with E-state index in [1.165, 1.54) is 0 Å². The third kappa shape index (κ3) is 3.19. The molecule has 0 radical (unpaired) electrons. The van der Waals surface area contributed by atoms with E-state index in [0.717, 1.165) is 11.3 Å². The van der Waals surface area contributed by atoms with Crippen LogP contribution in [0.2, 0.25) is 5.02 Å². The van der Waals surface area contributed by atoms with Crippen molar-refractivity contribution in [2.24, 2.45) is 0 Å². The van der Waals surface area contributed by atoms with Crippen molar-refractivity contribution < 1.29 is 9.90 Å². The van der Waals surface area contributed by atoms with Crippen LogP contribution in [0.5, 0.6) is 0 Å². The molecule has 0 heterocycles. The highest BCUT2D eigenvalue weighted by Crippen LogP contribution is 2.31. The maximum Gasteiger partial charge on any atom is 0.334 e. The largest absolute Gasteiger partial charge is 0.479 e. The first-order valence-electron chi connectivity index (χ1n) is 6.82. The van der Waals surface area contributed by atoms with E-state index in [0.29, 0.717) is 17.0 Å². The normalized spacial score (nSPS) is 13.5. The van der Waals surface area contributed by atoms with Gasteiger partial charge in [0.05, 0.1) is 0 Å². The average Bonchev–Trinajstić information content (AvgIpc) is 2.47. The Morgan fingerprint density at radius 3 is 2.19 bits per heavy atom. The van der Waals surface area contributed by atoms with E-state index in [-0.39, 0.29) is 0 Å². The number of halogens is 1. The minimum atomic E-state index is -1.17. The summed E-state index contributed by atoms with van der Waals surface area (Å²) in [5.74, 6) is -0.909. The molecular weight excluding hydrogens is 286 g/mol. The molecule has 2 aromatic rings. The number of hydrogen-bond acceptors (Lipinski definition) is 2. The summed E-state index contributed by atoms with van der Waals surface area (Å²) in [5, 5.41) is 13.5. The van der Waals surface area contributed by atoms with Gasteiger partial charge in [0.1, 0.15) is 0 Å². The Hall–Kier alpha value is -2.00. The summed E-state index contributed by atoms with van der Waals surface area (Å²) < 4.78 is 0. The Morgan fingerprint density at radius 1 is 1.14 bits per heavy atom. The summed E-state index contributed by atoms with van der Waals surface area (Å²) >= 11 is 5.89. The van der Waals surface area contributed by atoms with Gasteiger partial charge in [-0.05, 0) is 43.2 Å². The molecular formula is C17H18ClNO2. The second kappa shape index (κ2) is 6.19. The number of nitrogens with one attached hydrogen (secondary N) is 1. The Kier molecular flexibility index (Phi) is 4.53. The first-order valence-corrected chi connectivity index (χ1v) is 7.20. The lowest BCUT2D eigenvalue weighted by Gasteiger charge is -2.31. The number of anilines is 1. The van der Waals surface area contributed by atoms with Crippen molar-refractivity contribution in [2.75, 3.05) is 5.32 Å². The number of carboxylic acids is 1. The van der Waals surface area contributed by atoms with E-state index in [4.69, 9.17) is 11.6 Å². The zero-order valence-corrected chi connectivity index (χ0v) is 12.8. The predicted molar refractivity (Wildman–Crippen MR) is 85.9 cm³/mol. The van der Waals surface area contributed by atoms with Crippen molar-refractivity contribution in [1.82, 2.24) is 0 Å². The van der Waals surface area contributed by atoms with Crippen LogP contribution in [0.1, 0.15) is 24.5 Å². The van der Waals surface area contributed by atoms with Crippen molar-refractivity contribution >= 4 is 23.3 Å². The lowest BCUT2D eigenvalue weighted by atomic mass is 9.87. The second-order valence-electron chi connectivity index (χ2n) is 5.06. The van der Waals surface area contributed by atoms with Crippen molar-refractivity contribution in [3.8, 4) is 0 Å². The second-order valence-corrected chi connectivity index (χ2v) is 5.50. The number of hydrogen-bond donors (Lipinski definition) is 2. The van der Waals surface area contributed by atoms with Crippen LogP contribution in [-0.4, -0.2) is 11.1 Å². The third-order valence-electron chi connectivity index (χ3n) is 3.64. The number of benzene rings is 2. The summed E-state index contributed by atoms with van der Waals surface area (Å²) in [5.41, 5.74) is 1.42. The Morgan fingerprint density at radius 2 is 1.71 bits per heavy atom. The standard InChI is InChI=1S/C17H18ClNO2/c1-3-17(16(20)21,13-6-8-14(18)9-7-13)19-15-10-4-12(2)5-11-15/h4-11,19H,3H2,1-2H3,(H,20,21). The summed E-state index contributed by atoms with van der Waals surface area (Å²) in [6, 6.07) is 14.6. The van der Waals surface area contributed by atoms with E-state index in [9.17, 15) is 9.90 Å². The van der Waals surface area contributed by atoms with Crippen LogP contribution < -0.4 is 5.32 Å². The number of carboxylic acid groups (broad SMARTS) is 1. The average molecular weight is 304 g/mol. The van der Waals surface area contributed by atoms with Gasteiger partial charge in [-0.3, -0.25) is 0 Å². The Bertz CT molecular complexity index is 622. The van der Waals surface area contributed by atoms with E-state index >= 15 is 0 Å². The highest BCUT2D eigenvalue weighted by molar-refractivity contribution is 6.30. The van der Waals surface area contributed by atoms with Gasteiger partial charge in [0.25, 0.3) is 0 Å². The molecule has 2 N–H and O–H groups in total. The summed E-state index contributed by atoms with van der Waals surface area (Å²) in [4.78, 5) is 11.9. The summed E-state index contributed by atoms with van der Waals surface area (Å²) in [6.45, 7) is 3.84. The molecule has 1 unspecified atom stereocenters. The third-order valence-corrected chi connectivity index (χ3v) is 3.89. The minimum Gasteiger partial charge on any atom is -0.479 e. The zero-order valence-electron chi connectivity index (χ0n) is 12.1. The molecule has 0 aromatic heterocycles. The molecule has 0 aliphatic rings. The van der Waals surface area contributed by atoms with E-state index in [2.05, 4.69) is 5.32 Å². The van der Waals surface area contributed by atoms with Crippen molar-refractivity contribution in [3.05, 3.63) is 64.7 Å². The van der Waals surface area contributed by atoms with Gasteiger partial charge in [0.15, 0.2) is 5.54 Å². The lowest BCUT2D eigenvalue weighted by molar-refractivity contribution is -0.142. The molecule has 0 bridgehead atoms. The summed E-state index contributed by atoms with van der Waals surface area (Å²) in [7, 11) is 0. The quantitative estimate of drug-likeness (QED) is 0.858. The van der Waals surface area contributed by atoms with Crippen LogP contribution in [0, 0.1) is 6.92 Å². The molecule has 110 valence electrons. The van der Waals surface area contributed by atoms with Crippen molar-refractivity contribution in [2.45, 2.75) is 25.8 Å². The number of carbonyl (C=O) groups is 1. The maximum atomic E-state index is 11.9. The van der Waals surface area contributed by atoms with Crippen LogP contribution >= 0.6 is 11.6 Å². The highest BCUT2D eigenvalue weighted by Gasteiger charge is 2.38. The van der Waals surface area contributed by atoms with E-state index in [1.807, 2.05) is 38.1 Å². The smallest absolute Gasteiger partial charge is 0.334 e. The molecule has 0 saturated heterocycles. The zero-order chi connectivity index (χ0) is 15.5. The van der Waals surface area contributed by atoms with Gasteiger partial charge in [-0.1, -0.05) is 48.4 Å². The van der Waals surface area contributed by atoms with Crippen LogP contribution in [0.25, 0.3) is 0 Å². The Labute approximate surface area is 129 Å². The molecule has 21 heavy (non-hydrogen) atoms. The van der Waals surface area contributed by atoms with Gasteiger partial charge < -0.3 is 10.4 Å². The molecule has 0 aliphatic heterocycles. The van der Waals surface area contributed by atoms with Crippen molar-refractivity contribution in [3.63, 3.8) is 0 Å². The van der Waals surface area contributed by atoms with Crippen LogP contribution in [0.4, 0.5) is 5.69 Å². The monoisotopic (exact) mass is 303 g/mol. The fourth-order valence-corrected chi connectivity index (χ4v) is 2.44. The molecule has 0 amide bonds. The first-order chi connectivity index (χ1) is 9.98. The molecule has 0 fully saturated rings. The van der Waals surface area contributed by atoms with Gasteiger partial charge in [0, 0.05) is 10.7 Å². The Balaban J connectivity index is 2.44. The van der Waals surface area contributed by atoms with E-state index < -0.39 is 11.5 Å². The van der Waals surface area contributed by atoms with Gasteiger partial charge in [-0.25, -0.2) is 4.79 Å². The molecule has 3 nitrogen and oxygen atoms in total. The maximum absolute atomic E-state index is 11.9. The van der Waals surface area contributed by atoms with Crippen molar-refractivity contribution in [1.29, 1.82) is 0 Å². The molecule has 2 rings (SSSR count). The predicted octanol–water partition coefficient (Wildman–Crippen LogP) is 4.45. The molecule has 1 atom stereocenters. The highest BCUT2D eigenvalue weighted by atomic mass is 35.5. The number of rotatable bonds is 5. The molecule has 0 spiro atoms.